The Labute approximate surface area is 127 Å². The molecule has 2 fully saturated rings. The van der Waals surface area contributed by atoms with Crippen molar-refractivity contribution in [1.82, 2.24) is 20.2 Å². The second kappa shape index (κ2) is 6.71. The van der Waals surface area contributed by atoms with Crippen LogP contribution in [0.25, 0.3) is 0 Å². The summed E-state index contributed by atoms with van der Waals surface area (Å²) in [5.74, 6) is 1.71. The summed E-state index contributed by atoms with van der Waals surface area (Å²) in [6.45, 7) is 4.26. The van der Waals surface area contributed by atoms with Crippen molar-refractivity contribution in [2.45, 2.75) is 38.3 Å². The van der Waals surface area contributed by atoms with Crippen molar-refractivity contribution in [2.75, 3.05) is 38.6 Å². The van der Waals surface area contributed by atoms with Crippen LogP contribution in [0.1, 0.15) is 31.2 Å². The van der Waals surface area contributed by atoms with E-state index in [1.807, 2.05) is 12.4 Å². The molecule has 0 amide bonds. The largest absolute Gasteiger partial charge is 0.341 e. The van der Waals surface area contributed by atoms with Crippen molar-refractivity contribution in [3.8, 4) is 0 Å². The van der Waals surface area contributed by atoms with Crippen LogP contribution in [0.3, 0.4) is 0 Å². The molecule has 5 heteroatoms. The van der Waals surface area contributed by atoms with Gasteiger partial charge in [-0.1, -0.05) is 0 Å². The number of hydrogen-bond acceptors (Lipinski definition) is 5. The summed E-state index contributed by atoms with van der Waals surface area (Å²) >= 11 is 0. The van der Waals surface area contributed by atoms with E-state index in [1.54, 1.807) is 0 Å². The van der Waals surface area contributed by atoms with Gasteiger partial charge in [-0.05, 0) is 45.7 Å². The van der Waals surface area contributed by atoms with Crippen LogP contribution < -0.4 is 10.2 Å². The second-order valence-electron chi connectivity index (χ2n) is 6.74. The lowest BCUT2D eigenvalue weighted by molar-refractivity contribution is 0.284. The van der Waals surface area contributed by atoms with E-state index in [9.17, 15) is 0 Å². The molecular weight excluding hydrogens is 262 g/mol. The van der Waals surface area contributed by atoms with Crippen LogP contribution in [0.5, 0.6) is 0 Å². The summed E-state index contributed by atoms with van der Waals surface area (Å²) in [6, 6.07) is 0.736. The molecule has 1 aromatic rings. The molecular formula is C16H27N5. The van der Waals surface area contributed by atoms with Gasteiger partial charge < -0.3 is 15.1 Å². The van der Waals surface area contributed by atoms with Crippen molar-refractivity contribution >= 4 is 5.95 Å². The summed E-state index contributed by atoms with van der Waals surface area (Å²) in [4.78, 5) is 13.7. The third-order valence-corrected chi connectivity index (χ3v) is 4.38. The summed E-state index contributed by atoms with van der Waals surface area (Å²) < 4.78 is 0. The number of nitrogens with zero attached hydrogens (tertiary/aromatic N) is 4. The van der Waals surface area contributed by atoms with Crippen molar-refractivity contribution in [3.63, 3.8) is 0 Å². The first-order valence-electron chi connectivity index (χ1n) is 8.14. The average Bonchev–Trinajstić information content (AvgIpc) is 3.30. The number of aromatic nitrogens is 2. The van der Waals surface area contributed by atoms with Gasteiger partial charge >= 0.3 is 0 Å². The summed E-state index contributed by atoms with van der Waals surface area (Å²) in [5, 5.41) is 3.50. The maximum atomic E-state index is 4.55. The quantitative estimate of drug-likeness (QED) is 0.860. The summed E-state index contributed by atoms with van der Waals surface area (Å²) in [7, 11) is 4.31. The van der Waals surface area contributed by atoms with E-state index in [0.29, 0.717) is 0 Å². The van der Waals surface area contributed by atoms with E-state index < -0.39 is 0 Å². The van der Waals surface area contributed by atoms with E-state index >= 15 is 0 Å². The smallest absolute Gasteiger partial charge is 0.225 e. The topological polar surface area (TPSA) is 44.3 Å². The van der Waals surface area contributed by atoms with Crippen LogP contribution in [0.2, 0.25) is 0 Å². The molecule has 5 nitrogen and oxygen atoms in total. The van der Waals surface area contributed by atoms with Gasteiger partial charge in [-0.15, -0.1) is 0 Å². The normalized spacial score (nSPS) is 20.2. The molecule has 0 aromatic carbocycles. The predicted molar refractivity (Wildman–Crippen MR) is 85.4 cm³/mol. The molecule has 1 saturated heterocycles. The van der Waals surface area contributed by atoms with Crippen molar-refractivity contribution < 1.29 is 0 Å². The fourth-order valence-corrected chi connectivity index (χ4v) is 2.98. The van der Waals surface area contributed by atoms with Crippen LogP contribution in [0.15, 0.2) is 12.4 Å². The molecule has 1 aliphatic heterocycles. The van der Waals surface area contributed by atoms with Crippen molar-refractivity contribution in [3.05, 3.63) is 18.0 Å². The Kier molecular flexibility index (Phi) is 4.70. The highest BCUT2D eigenvalue weighted by Gasteiger charge is 2.22. The predicted octanol–water partition coefficient (Wildman–Crippen LogP) is 1.51. The van der Waals surface area contributed by atoms with Crippen LogP contribution in [-0.4, -0.2) is 54.6 Å². The minimum Gasteiger partial charge on any atom is -0.341 e. The second-order valence-corrected chi connectivity index (χ2v) is 6.74. The fourth-order valence-electron chi connectivity index (χ4n) is 2.98. The van der Waals surface area contributed by atoms with Gasteiger partial charge in [0.05, 0.1) is 0 Å². The SMILES string of the molecule is CN(C)CC1CCN(c2ncc(CNC3CC3)cn2)CC1. The number of nitrogens with one attached hydrogen (secondary N) is 1. The molecule has 1 aliphatic carbocycles. The van der Waals surface area contributed by atoms with Crippen LogP contribution >= 0.6 is 0 Å². The molecule has 1 saturated carbocycles. The molecule has 1 aromatic heterocycles. The molecule has 2 aliphatic rings. The average molecular weight is 289 g/mol. The summed E-state index contributed by atoms with van der Waals surface area (Å²) in [6.07, 6.45) is 9.08. The summed E-state index contributed by atoms with van der Waals surface area (Å²) in [5.41, 5.74) is 1.19. The highest BCUT2D eigenvalue weighted by Crippen LogP contribution is 2.21. The van der Waals surface area contributed by atoms with Gasteiger partial charge in [0.2, 0.25) is 5.95 Å². The third kappa shape index (κ3) is 4.38. The van der Waals surface area contributed by atoms with Gasteiger partial charge in [-0.25, -0.2) is 9.97 Å². The fraction of sp³-hybridized carbons (Fsp3) is 0.750. The molecule has 116 valence electrons. The lowest BCUT2D eigenvalue weighted by atomic mass is 9.97. The van der Waals surface area contributed by atoms with Crippen LogP contribution in [0.4, 0.5) is 5.95 Å². The zero-order chi connectivity index (χ0) is 14.7. The third-order valence-electron chi connectivity index (χ3n) is 4.38. The van der Waals surface area contributed by atoms with E-state index in [1.165, 1.54) is 37.8 Å². The van der Waals surface area contributed by atoms with Gasteiger partial charge in [0.1, 0.15) is 0 Å². The Balaban J connectivity index is 1.48. The Bertz CT molecular complexity index is 432. The Morgan fingerprint density at radius 1 is 1.14 bits per heavy atom. The van der Waals surface area contributed by atoms with Crippen molar-refractivity contribution in [1.29, 1.82) is 0 Å². The minimum absolute atomic E-state index is 0.736. The monoisotopic (exact) mass is 289 g/mol. The first-order chi connectivity index (χ1) is 10.2. The van der Waals surface area contributed by atoms with E-state index in [2.05, 4.69) is 39.2 Å². The lowest BCUT2D eigenvalue weighted by Crippen LogP contribution is -2.38. The van der Waals surface area contributed by atoms with E-state index in [0.717, 1.165) is 37.5 Å². The molecule has 0 atom stereocenters. The Hall–Kier alpha value is -1.20. The van der Waals surface area contributed by atoms with Gasteiger partial charge in [-0.3, -0.25) is 0 Å². The first kappa shape index (κ1) is 14.7. The zero-order valence-corrected chi connectivity index (χ0v) is 13.3. The lowest BCUT2D eigenvalue weighted by Gasteiger charge is -2.33. The Morgan fingerprint density at radius 2 is 1.81 bits per heavy atom. The van der Waals surface area contributed by atoms with E-state index in [-0.39, 0.29) is 0 Å². The molecule has 0 unspecified atom stereocenters. The molecule has 0 bridgehead atoms. The zero-order valence-electron chi connectivity index (χ0n) is 13.3. The van der Waals surface area contributed by atoms with Gasteiger partial charge in [-0.2, -0.15) is 0 Å². The Morgan fingerprint density at radius 3 is 2.38 bits per heavy atom. The number of hydrogen-bond donors (Lipinski definition) is 1. The highest BCUT2D eigenvalue weighted by atomic mass is 15.2. The van der Waals surface area contributed by atoms with Gasteiger partial charge in [0.15, 0.2) is 0 Å². The molecule has 2 heterocycles. The minimum atomic E-state index is 0.736. The van der Waals surface area contributed by atoms with Crippen LogP contribution in [-0.2, 0) is 6.54 Å². The molecule has 3 rings (SSSR count). The van der Waals surface area contributed by atoms with Gasteiger partial charge in [0.25, 0.3) is 0 Å². The number of anilines is 1. The molecule has 21 heavy (non-hydrogen) atoms. The molecule has 0 radical (unpaired) electrons. The first-order valence-corrected chi connectivity index (χ1v) is 8.14. The maximum absolute atomic E-state index is 4.55. The van der Waals surface area contributed by atoms with Crippen molar-refractivity contribution in [2.24, 2.45) is 5.92 Å². The molecule has 0 spiro atoms. The highest BCUT2D eigenvalue weighted by molar-refractivity contribution is 5.30. The molecule has 1 N–H and O–H groups in total. The van der Waals surface area contributed by atoms with Gasteiger partial charge in [0, 0.05) is 50.2 Å². The standard InChI is InChI=1S/C16H27N5/c1-20(2)12-13-5-7-21(8-6-13)16-18-10-14(11-19-16)9-17-15-3-4-15/h10-11,13,15,17H,3-9,12H2,1-2H3. The van der Waals surface area contributed by atoms with E-state index in [4.69, 9.17) is 0 Å². The van der Waals surface area contributed by atoms with Crippen LogP contribution in [0, 0.1) is 5.92 Å². The number of piperidine rings is 1. The number of rotatable bonds is 6. The maximum Gasteiger partial charge on any atom is 0.225 e.